The molecular weight excluding hydrogens is 254 g/mol. The van der Waals surface area contributed by atoms with E-state index < -0.39 is 0 Å². The highest BCUT2D eigenvalue weighted by Gasteiger charge is 2.33. The Balaban J connectivity index is 1.94. The molecule has 0 atom stereocenters. The molecular formula is C15H10N3S+. The number of pyridine rings is 2. The van der Waals surface area contributed by atoms with Gasteiger partial charge < -0.3 is 4.40 Å². The molecule has 4 aromatic heterocycles. The molecule has 90 valence electrons. The minimum Gasteiger partial charge on any atom is -0.317 e. The van der Waals surface area contributed by atoms with Gasteiger partial charge in [-0.25, -0.2) is 0 Å². The molecule has 0 N–H and O–H groups in total. The van der Waals surface area contributed by atoms with Gasteiger partial charge in [0.05, 0.1) is 5.56 Å². The van der Waals surface area contributed by atoms with Crippen LogP contribution in [0.2, 0.25) is 0 Å². The van der Waals surface area contributed by atoms with Crippen molar-refractivity contribution in [2.75, 3.05) is 0 Å². The standard InChI is InChI=1S/C15H10N3S/c1-2-6-17-9-13-14(12(17)3-1)18-8-10-7-16-5-4-11(10)15(18)19-13/h1-7,9H,8H2/q+1. The second-order valence-electron chi connectivity index (χ2n) is 4.86. The molecule has 19 heavy (non-hydrogen) atoms. The van der Waals surface area contributed by atoms with Gasteiger partial charge >= 0.3 is 0 Å². The molecule has 0 bridgehead atoms. The van der Waals surface area contributed by atoms with Gasteiger partial charge in [-0.3, -0.25) is 4.98 Å². The van der Waals surface area contributed by atoms with E-state index in [0.29, 0.717) is 0 Å². The minimum atomic E-state index is 0.938. The molecule has 0 unspecified atom stereocenters. The van der Waals surface area contributed by atoms with Crippen LogP contribution in [0.5, 0.6) is 0 Å². The first-order valence-corrected chi connectivity index (χ1v) is 7.09. The summed E-state index contributed by atoms with van der Waals surface area (Å²) < 4.78 is 5.97. The maximum atomic E-state index is 4.24. The van der Waals surface area contributed by atoms with Gasteiger partial charge in [-0.15, -0.1) is 0 Å². The van der Waals surface area contributed by atoms with Crippen molar-refractivity contribution in [1.82, 2.24) is 9.38 Å². The Kier molecular flexibility index (Phi) is 1.64. The van der Waals surface area contributed by atoms with Crippen LogP contribution in [0.4, 0.5) is 0 Å². The van der Waals surface area contributed by atoms with Crippen LogP contribution in [0.15, 0.2) is 49.1 Å². The van der Waals surface area contributed by atoms with Crippen LogP contribution in [-0.4, -0.2) is 9.38 Å². The summed E-state index contributed by atoms with van der Waals surface area (Å²) in [5, 5.41) is 1.36. The van der Waals surface area contributed by atoms with Crippen molar-refractivity contribution in [3.05, 3.63) is 54.6 Å². The fraction of sp³-hybridized carbons (Fsp3) is 0.0667. The van der Waals surface area contributed by atoms with Crippen molar-refractivity contribution >= 4 is 27.1 Å². The monoisotopic (exact) mass is 264 g/mol. The molecule has 4 heteroatoms. The van der Waals surface area contributed by atoms with Gasteiger partial charge in [0.1, 0.15) is 10.2 Å². The lowest BCUT2D eigenvalue weighted by Gasteiger charge is -1.91. The van der Waals surface area contributed by atoms with Gasteiger partial charge in [-0.1, -0.05) is 17.4 Å². The molecule has 5 rings (SSSR count). The van der Waals surface area contributed by atoms with E-state index in [0.717, 1.165) is 6.54 Å². The average molecular weight is 264 g/mol. The Bertz CT molecular complexity index is 949. The molecule has 0 radical (unpaired) electrons. The Morgan fingerprint density at radius 1 is 1.26 bits per heavy atom. The SMILES string of the molecule is c1ccn2cc3sc4[n+](c3c2c1)Cc1cnccc1-4. The van der Waals surface area contributed by atoms with Gasteiger partial charge in [0.2, 0.25) is 5.52 Å². The fourth-order valence-corrected chi connectivity index (χ4v) is 4.23. The van der Waals surface area contributed by atoms with Gasteiger partial charge in [-0.05, 0) is 18.2 Å². The molecule has 0 amide bonds. The lowest BCUT2D eigenvalue weighted by Crippen LogP contribution is -2.30. The normalized spacial score (nSPS) is 13.1. The van der Waals surface area contributed by atoms with Crippen molar-refractivity contribution in [2.45, 2.75) is 6.54 Å². The largest absolute Gasteiger partial charge is 0.317 e. The Hall–Kier alpha value is -2.20. The first kappa shape index (κ1) is 9.69. The second-order valence-corrected chi connectivity index (χ2v) is 5.89. The van der Waals surface area contributed by atoms with Gasteiger partial charge in [-0.2, -0.15) is 4.57 Å². The Labute approximate surface area is 113 Å². The summed E-state index contributed by atoms with van der Waals surface area (Å²) in [4.78, 5) is 4.24. The van der Waals surface area contributed by atoms with Gasteiger partial charge in [0.15, 0.2) is 6.54 Å². The molecule has 0 fully saturated rings. The molecule has 5 heterocycles. The Morgan fingerprint density at radius 2 is 2.26 bits per heavy atom. The van der Waals surface area contributed by atoms with Crippen LogP contribution in [0.25, 0.3) is 26.3 Å². The van der Waals surface area contributed by atoms with E-state index >= 15 is 0 Å². The summed E-state index contributed by atoms with van der Waals surface area (Å²) in [5.41, 5.74) is 5.29. The number of rotatable bonds is 0. The highest BCUT2D eigenvalue weighted by atomic mass is 32.1. The number of hydrogen-bond donors (Lipinski definition) is 0. The van der Waals surface area contributed by atoms with Gasteiger partial charge in [0, 0.05) is 30.4 Å². The number of fused-ring (bicyclic) bond motifs is 7. The summed E-state index contributed by atoms with van der Waals surface area (Å²) in [5.74, 6) is 0. The van der Waals surface area contributed by atoms with Crippen LogP contribution >= 0.6 is 11.3 Å². The van der Waals surface area contributed by atoms with E-state index in [-0.39, 0.29) is 0 Å². The summed E-state index contributed by atoms with van der Waals surface area (Å²) in [6, 6.07) is 8.48. The lowest BCUT2D eigenvalue weighted by molar-refractivity contribution is -0.641. The number of aromatic nitrogens is 3. The van der Waals surface area contributed by atoms with Crippen molar-refractivity contribution in [2.24, 2.45) is 0 Å². The number of thiazole rings is 1. The van der Waals surface area contributed by atoms with E-state index in [1.54, 1.807) is 0 Å². The average Bonchev–Trinajstić information content (AvgIpc) is 3.05. The number of nitrogens with zero attached hydrogens (tertiary/aromatic N) is 3. The van der Waals surface area contributed by atoms with Crippen LogP contribution in [0, 0.1) is 0 Å². The predicted molar refractivity (Wildman–Crippen MR) is 75.3 cm³/mol. The third-order valence-corrected chi connectivity index (χ3v) is 4.96. The van der Waals surface area contributed by atoms with Crippen molar-refractivity contribution in [3.63, 3.8) is 0 Å². The van der Waals surface area contributed by atoms with Crippen LogP contribution in [0.3, 0.4) is 0 Å². The van der Waals surface area contributed by atoms with Crippen molar-refractivity contribution in [1.29, 1.82) is 0 Å². The van der Waals surface area contributed by atoms with E-state index in [2.05, 4.69) is 50.6 Å². The molecule has 0 aliphatic carbocycles. The summed E-state index contributed by atoms with van der Waals surface area (Å²) >= 11 is 1.87. The van der Waals surface area contributed by atoms with E-state index in [9.17, 15) is 0 Å². The quantitative estimate of drug-likeness (QED) is 0.394. The molecule has 3 nitrogen and oxygen atoms in total. The summed E-state index contributed by atoms with van der Waals surface area (Å²) in [6.07, 6.45) is 8.20. The highest BCUT2D eigenvalue weighted by Crippen LogP contribution is 2.36. The zero-order chi connectivity index (χ0) is 12.4. The Morgan fingerprint density at radius 3 is 3.26 bits per heavy atom. The van der Waals surface area contributed by atoms with E-state index in [4.69, 9.17) is 0 Å². The fourth-order valence-electron chi connectivity index (χ4n) is 2.97. The first-order valence-electron chi connectivity index (χ1n) is 6.27. The lowest BCUT2D eigenvalue weighted by atomic mass is 10.2. The third kappa shape index (κ3) is 1.12. The zero-order valence-electron chi connectivity index (χ0n) is 10.1. The summed E-state index contributed by atoms with van der Waals surface area (Å²) in [7, 11) is 0. The predicted octanol–water partition coefficient (Wildman–Crippen LogP) is 2.87. The van der Waals surface area contributed by atoms with Crippen molar-refractivity contribution < 1.29 is 4.57 Å². The highest BCUT2D eigenvalue weighted by molar-refractivity contribution is 7.21. The molecule has 1 aliphatic heterocycles. The van der Waals surface area contributed by atoms with Crippen LogP contribution in [-0.2, 0) is 6.54 Å². The van der Waals surface area contributed by atoms with Crippen LogP contribution < -0.4 is 4.57 Å². The second kappa shape index (κ2) is 3.22. The van der Waals surface area contributed by atoms with Crippen LogP contribution in [0.1, 0.15) is 5.56 Å². The first-order chi connectivity index (χ1) is 9.42. The minimum absolute atomic E-state index is 0.938. The maximum absolute atomic E-state index is 4.24. The smallest absolute Gasteiger partial charge is 0.271 e. The van der Waals surface area contributed by atoms with Gasteiger partial charge in [0.25, 0.3) is 5.01 Å². The molecule has 4 aromatic rings. The third-order valence-electron chi connectivity index (χ3n) is 3.81. The molecule has 0 saturated heterocycles. The molecule has 1 aliphatic rings. The molecule has 0 aromatic carbocycles. The maximum Gasteiger partial charge on any atom is 0.271 e. The summed E-state index contributed by atoms with van der Waals surface area (Å²) in [6.45, 7) is 0.938. The molecule has 0 saturated carbocycles. The van der Waals surface area contributed by atoms with E-state index in [1.807, 2.05) is 23.7 Å². The zero-order valence-corrected chi connectivity index (χ0v) is 10.9. The molecule has 0 spiro atoms. The number of hydrogen-bond acceptors (Lipinski definition) is 2. The van der Waals surface area contributed by atoms with Crippen molar-refractivity contribution in [3.8, 4) is 10.6 Å². The van der Waals surface area contributed by atoms with E-state index in [1.165, 1.54) is 31.9 Å². The topological polar surface area (TPSA) is 21.2 Å².